The van der Waals surface area contributed by atoms with E-state index in [-0.39, 0.29) is 5.91 Å². The fourth-order valence-corrected chi connectivity index (χ4v) is 3.12. The summed E-state index contributed by atoms with van der Waals surface area (Å²) < 4.78 is 0. The van der Waals surface area contributed by atoms with Crippen LogP contribution in [-0.4, -0.2) is 35.7 Å². The Hall–Kier alpha value is -3.19. The maximum absolute atomic E-state index is 12.2. The van der Waals surface area contributed by atoms with Crippen LogP contribution in [0.1, 0.15) is 17.5 Å². The normalized spacial score (nSPS) is 19.7. The lowest BCUT2D eigenvalue weighted by Crippen LogP contribution is -2.45. The molecule has 0 saturated carbocycles. The highest BCUT2D eigenvalue weighted by Crippen LogP contribution is 2.20. The number of nitriles is 2. The highest BCUT2D eigenvalue weighted by atomic mass is 16.3. The van der Waals surface area contributed by atoms with E-state index >= 15 is 0 Å². The highest BCUT2D eigenvalue weighted by molar-refractivity contribution is 5.82. The van der Waals surface area contributed by atoms with Crippen LogP contribution in [0.15, 0.2) is 48.5 Å². The molecule has 0 spiro atoms. The van der Waals surface area contributed by atoms with Crippen molar-refractivity contribution in [1.82, 2.24) is 10.6 Å². The standard InChI is InChI=1S/C21H20N4O2/c22-11-15-3-7-17(8-4-15)16-5-1-14(2-6-16)9-18(12-23)25-21(27)20-10-19(26)13-24-20/h1-8,18-20,24,26H,9-10,13H2,(H,25,27)/t18-,19-,20-/m0/s1. The number of β-amino-alcohol motifs (C(OH)–C–C–N with tert-alkyl or cyclic N) is 1. The van der Waals surface area contributed by atoms with Gasteiger partial charge in [0.05, 0.1) is 29.8 Å². The van der Waals surface area contributed by atoms with Crippen molar-refractivity contribution in [2.75, 3.05) is 6.54 Å². The first-order valence-electron chi connectivity index (χ1n) is 8.80. The number of hydrogen-bond acceptors (Lipinski definition) is 5. The minimum Gasteiger partial charge on any atom is -0.392 e. The van der Waals surface area contributed by atoms with Gasteiger partial charge in [-0.1, -0.05) is 36.4 Å². The number of nitrogens with one attached hydrogen (secondary N) is 2. The Balaban J connectivity index is 1.61. The number of rotatable bonds is 5. The summed E-state index contributed by atoms with van der Waals surface area (Å²) >= 11 is 0. The summed E-state index contributed by atoms with van der Waals surface area (Å²) in [6, 6.07) is 18.3. The third-order valence-corrected chi connectivity index (χ3v) is 4.64. The molecule has 6 nitrogen and oxygen atoms in total. The van der Waals surface area contributed by atoms with Crippen molar-refractivity contribution in [3.8, 4) is 23.3 Å². The SMILES string of the molecule is N#Cc1ccc(-c2ccc(C[C@@H](C#N)NC(=O)[C@@H]3C[C@H](O)CN3)cc2)cc1. The summed E-state index contributed by atoms with van der Waals surface area (Å²) in [4.78, 5) is 12.2. The number of benzene rings is 2. The molecule has 6 heteroatoms. The molecule has 0 aliphatic carbocycles. The molecule has 136 valence electrons. The van der Waals surface area contributed by atoms with Crippen LogP contribution in [0.4, 0.5) is 0 Å². The molecule has 0 unspecified atom stereocenters. The van der Waals surface area contributed by atoms with Crippen LogP contribution >= 0.6 is 0 Å². The Morgan fingerprint density at radius 2 is 1.78 bits per heavy atom. The molecule has 0 aromatic heterocycles. The van der Waals surface area contributed by atoms with E-state index in [0.29, 0.717) is 24.9 Å². The van der Waals surface area contributed by atoms with E-state index in [0.717, 1.165) is 16.7 Å². The second-order valence-corrected chi connectivity index (χ2v) is 6.63. The minimum absolute atomic E-state index is 0.257. The van der Waals surface area contributed by atoms with Gasteiger partial charge < -0.3 is 15.7 Å². The van der Waals surface area contributed by atoms with E-state index in [1.807, 2.05) is 36.4 Å². The zero-order valence-corrected chi connectivity index (χ0v) is 14.7. The van der Waals surface area contributed by atoms with E-state index in [1.54, 1.807) is 12.1 Å². The Labute approximate surface area is 158 Å². The molecule has 1 fully saturated rings. The van der Waals surface area contributed by atoms with Gasteiger partial charge in [-0.3, -0.25) is 4.79 Å². The zero-order chi connectivity index (χ0) is 19.2. The van der Waals surface area contributed by atoms with Gasteiger partial charge in [-0.25, -0.2) is 0 Å². The Bertz CT molecular complexity index is 878. The van der Waals surface area contributed by atoms with Crippen molar-refractivity contribution in [2.24, 2.45) is 0 Å². The van der Waals surface area contributed by atoms with E-state index in [1.165, 1.54) is 0 Å². The first-order chi connectivity index (χ1) is 13.1. The van der Waals surface area contributed by atoms with Gasteiger partial charge in [0.25, 0.3) is 0 Å². The molecular formula is C21H20N4O2. The summed E-state index contributed by atoms with van der Waals surface area (Å²) in [6.45, 7) is 0.395. The predicted molar refractivity (Wildman–Crippen MR) is 100 cm³/mol. The predicted octanol–water partition coefficient (Wildman–Crippen LogP) is 1.50. The van der Waals surface area contributed by atoms with Crippen molar-refractivity contribution in [3.63, 3.8) is 0 Å². The summed E-state index contributed by atoms with van der Waals surface area (Å²) in [7, 11) is 0. The highest BCUT2D eigenvalue weighted by Gasteiger charge is 2.29. The number of carbonyl (C=O) groups is 1. The smallest absolute Gasteiger partial charge is 0.238 e. The number of aliphatic hydroxyl groups excluding tert-OH is 1. The lowest BCUT2D eigenvalue weighted by molar-refractivity contribution is -0.123. The monoisotopic (exact) mass is 360 g/mol. The van der Waals surface area contributed by atoms with Crippen molar-refractivity contribution in [3.05, 3.63) is 59.7 Å². The molecule has 1 amide bonds. The van der Waals surface area contributed by atoms with Crippen LogP contribution in [0.5, 0.6) is 0 Å². The first kappa shape index (κ1) is 18.6. The number of carbonyl (C=O) groups excluding carboxylic acids is 1. The molecule has 2 aromatic rings. The summed E-state index contributed by atoms with van der Waals surface area (Å²) in [6.07, 6.45) is 0.255. The molecule has 1 aliphatic heterocycles. The van der Waals surface area contributed by atoms with E-state index in [2.05, 4.69) is 22.8 Å². The van der Waals surface area contributed by atoms with Gasteiger partial charge in [0.2, 0.25) is 5.91 Å². The lowest BCUT2D eigenvalue weighted by atomic mass is 10.00. The minimum atomic E-state index is -0.627. The van der Waals surface area contributed by atoms with Crippen molar-refractivity contribution in [2.45, 2.75) is 31.0 Å². The lowest BCUT2D eigenvalue weighted by Gasteiger charge is -2.15. The van der Waals surface area contributed by atoms with Gasteiger partial charge in [0.15, 0.2) is 0 Å². The van der Waals surface area contributed by atoms with Crippen LogP contribution < -0.4 is 10.6 Å². The molecular weight excluding hydrogens is 340 g/mol. The molecule has 1 aliphatic rings. The topological polar surface area (TPSA) is 109 Å². The number of amides is 1. The van der Waals surface area contributed by atoms with Crippen molar-refractivity contribution in [1.29, 1.82) is 10.5 Å². The van der Waals surface area contributed by atoms with E-state index in [9.17, 15) is 15.2 Å². The van der Waals surface area contributed by atoms with Crippen LogP contribution in [0.2, 0.25) is 0 Å². The summed E-state index contributed by atoms with van der Waals surface area (Å²) in [5.41, 5.74) is 3.59. The Morgan fingerprint density at radius 3 is 2.30 bits per heavy atom. The number of aliphatic hydroxyl groups is 1. The summed E-state index contributed by atoms with van der Waals surface area (Å²) in [5, 5.41) is 33.4. The largest absolute Gasteiger partial charge is 0.392 e. The number of nitrogens with zero attached hydrogens (tertiary/aromatic N) is 2. The maximum Gasteiger partial charge on any atom is 0.238 e. The molecule has 0 radical (unpaired) electrons. The number of hydrogen-bond donors (Lipinski definition) is 3. The second-order valence-electron chi connectivity index (χ2n) is 6.63. The van der Waals surface area contributed by atoms with Crippen LogP contribution in [0.25, 0.3) is 11.1 Å². The molecule has 2 aromatic carbocycles. The first-order valence-corrected chi connectivity index (χ1v) is 8.80. The van der Waals surface area contributed by atoms with Gasteiger partial charge in [-0.2, -0.15) is 10.5 Å². The van der Waals surface area contributed by atoms with Crippen LogP contribution in [0, 0.1) is 22.7 Å². The van der Waals surface area contributed by atoms with Crippen LogP contribution in [-0.2, 0) is 11.2 Å². The van der Waals surface area contributed by atoms with Gasteiger partial charge >= 0.3 is 0 Å². The van der Waals surface area contributed by atoms with Crippen molar-refractivity contribution < 1.29 is 9.90 Å². The zero-order valence-electron chi connectivity index (χ0n) is 14.7. The van der Waals surface area contributed by atoms with E-state index < -0.39 is 18.2 Å². The van der Waals surface area contributed by atoms with Gasteiger partial charge in [0, 0.05) is 13.0 Å². The third-order valence-electron chi connectivity index (χ3n) is 4.64. The third kappa shape index (κ3) is 4.71. The fourth-order valence-electron chi connectivity index (χ4n) is 3.12. The molecule has 3 atom stereocenters. The quantitative estimate of drug-likeness (QED) is 0.749. The fraction of sp³-hybridized carbons (Fsp3) is 0.286. The van der Waals surface area contributed by atoms with Gasteiger partial charge in [-0.05, 0) is 35.2 Å². The van der Waals surface area contributed by atoms with Gasteiger partial charge in [-0.15, -0.1) is 0 Å². The van der Waals surface area contributed by atoms with Gasteiger partial charge in [0.1, 0.15) is 6.04 Å². The molecule has 1 heterocycles. The van der Waals surface area contributed by atoms with Crippen LogP contribution in [0.3, 0.4) is 0 Å². The maximum atomic E-state index is 12.2. The average molecular weight is 360 g/mol. The second kappa shape index (κ2) is 8.46. The van der Waals surface area contributed by atoms with Crippen molar-refractivity contribution >= 4 is 5.91 Å². The summed E-state index contributed by atoms with van der Waals surface area (Å²) in [5.74, 6) is -0.257. The Kier molecular flexibility index (Phi) is 5.83. The molecule has 1 saturated heterocycles. The average Bonchev–Trinajstić information content (AvgIpc) is 3.14. The molecule has 3 N–H and O–H groups in total. The molecule has 3 rings (SSSR count). The molecule has 27 heavy (non-hydrogen) atoms. The molecule has 0 bridgehead atoms. The Morgan fingerprint density at radius 1 is 1.15 bits per heavy atom. The van der Waals surface area contributed by atoms with E-state index in [4.69, 9.17) is 5.26 Å².